The Balaban J connectivity index is 2.73. The molecule has 4 nitrogen and oxygen atoms in total. The van der Waals surface area contributed by atoms with E-state index in [2.05, 4.69) is 4.98 Å². The Morgan fingerprint density at radius 2 is 2.00 bits per heavy atom. The minimum absolute atomic E-state index is 0.406. The molecule has 1 N–H and O–H groups in total. The average Bonchev–Trinajstić information content (AvgIpc) is 2.70. The van der Waals surface area contributed by atoms with Crippen LogP contribution in [0.2, 0.25) is 10.0 Å². The molecule has 1 aromatic carbocycles. The number of benzene rings is 1. The number of aliphatic carboxylic acids is 1. The lowest BCUT2D eigenvalue weighted by Gasteiger charge is -2.16. The summed E-state index contributed by atoms with van der Waals surface area (Å²) in [6, 6.07) is 2.74. The van der Waals surface area contributed by atoms with Crippen LogP contribution in [-0.4, -0.2) is 20.6 Å². The van der Waals surface area contributed by atoms with E-state index < -0.39 is 12.0 Å². The summed E-state index contributed by atoms with van der Waals surface area (Å²) in [4.78, 5) is 16.0. The molecular weight excluding hydrogens is 299 g/mol. The molecule has 0 radical (unpaired) electrons. The third-order valence-electron chi connectivity index (χ3n) is 3.26. The van der Waals surface area contributed by atoms with Gasteiger partial charge in [0, 0.05) is 6.42 Å². The lowest BCUT2D eigenvalue weighted by atomic mass is 10.2. The SMILES string of the molecule is CCCc1nc2cc(Cl)c(Cl)cc2n1C(CC)C(=O)O. The van der Waals surface area contributed by atoms with Gasteiger partial charge in [-0.1, -0.05) is 37.0 Å². The third kappa shape index (κ3) is 2.63. The molecule has 0 aliphatic carbocycles. The van der Waals surface area contributed by atoms with Crippen molar-refractivity contribution in [3.05, 3.63) is 28.0 Å². The second kappa shape index (κ2) is 6.02. The summed E-state index contributed by atoms with van der Waals surface area (Å²) in [7, 11) is 0. The van der Waals surface area contributed by atoms with Crippen LogP contribution in [0.15, 0.2) is 12.1 Å². The van der Waals surface area contributed by atoms with Gasteiger partial charge >= 0.3 is 5.97 Å². The maximum absolute atomic E-state index is 11.5. The Morgan fingerprint density at radius 3 is 2.55 bits per heavy atom. The molecule has 0 saturated carbocycles. The lowest BCUT2D eigenvalue weighted by molar-refractivity contribution is -0.140. The van der Waals surface area contributed by atoms with Crippen molar-refractivity contribution in [2.75, 3.05) is 0 Å². The highest BCUT2D eigenvalue weighted by Crippen LogP contribution is 2.31. The van der Waals surface area contributed by atoms with Gasteiger partial charge in [0.1, 0.15) is 11.9 Å². The van der Waals surface area contributed by atoms with Gasteiger partial charge in [0.05, 0.1) is 21.1 Å². The summed E-state index contributed by atoms with van der Waals surface area (Å²) < 4.78 is 1.77. The van der Waals surface area contributed by atoms with Gasteiger partial charge in [-0.3, -0.25) is 0 Å². The first-order chi connectivity index (χ1) is 9.49. The predicted octanol–water partition coefficient (Wildman–Crippen LogP) is 4.33. The van der Waals surface area contributed by atoms with E-state index in [4.69, 9.17) is 23.2 Å². The van der Waals surface area contributed by atoms with E-state index in [1.807, 2.05) is 13.8 Å². The minimum Gasteiger partial charge on any atom is -0.480 e. The number of nitrogens with zero attached hydrogens (tertiary/aromatic N) is 2. The van der Waals surface area contributed by atoms with Crippen molar-refractivity contribution < 1.29 is 9.90 Å². The molecule has 1 aromatic heterocycles. The van der Waals surface area contributed by atoms with Crippen molar-refractivity contribution in [1.29, 1.82) is 0 Å². The maximum atomic E-state index is 11.5. The number of carboxylic acids is 1. The van der Waals surface area contributed by atoms with Gasteiger partial charge in [0.25, 0.3) is 0 Å². The molecule has 0 fully saturated rings. The zero-order valence-corrected chi connectivity index (χ0v) is 12.9. The van der Waals surface area contributed by atoms with Crippen molar-refractivity contribution in [1.82, 2.24) is 9.55 Å². The number of aromatic nitrogens is 2. The Bertz CT molecular complexity index is 652. The Hall–Kier alpha value is -1.26. The molecule has 1 heterocycles. The zero-order chi connectivity index (χ0) is 14.9. The molecule has 0 bridgehead atoms. The van der Waals surface area contributed by atoms with E-state index in [0.717, 1.165) is 17.8 Å². The highest BCUT2D eigenvalue weighted by atomic mass is 35.5. The van der Waals surface area contributed by atoms with Crippen LogP contribution in [0.4, 0.5) is 0 Å². The first-order valence-corrected chi connectivity index (χ1v) is 7.33. The summed E-state index contributed by atoms with van der Waals surface area (Å²) >= 11 is 12.1. The van der Waals surface area contributed by atoms with Crippen LogP contribution in [0.25, 0.3) is 11.0 Å². The van der Waals surface area contributed by atoms with Gasteiger partial charge in [-0.15, -0.1) is 0 Å². The quantitative estimate of drug-likeness (QED) is 0.893. The fourth-order valence-corrected chi connectivity index (χ4v) is 2.67. The molecule has 0 aliphatic rings. The molecule has 1 atom stereocenters. The van der Waals surface area contributed by atoms with Crippen LogP contribution in [-0.2, 0) is 11.2 Å². The molecule has 1 unspecified atom stereocenters. The van der Waals surface area contributed by atoms with Gasteiger partial charge in [-0.2, -0.15) is 0 Å². The fourth-order valence-electron chi connectivity index (χ4n) is 2.36. The molecule has 0 amide bonds. The van der Waals surface area contributed by atoms with E-state index in [1.165, 1.54) is 0 Å². The predicted molar refractivity (Wildman–Crippen MR) is 80.7 cm³/mol. The molecule has 0 spiro atoms. The highest BCUT2D eigenvalue weighted by Gasteiger charge is 2.23. The van der Waals surface area contributed by atoms with Crippen LogP contribution in [0.1, 0.15) is 38.6 Å². The number of halogens is 2. The second-order valence-corrected chi connectivity index (χ2v) is 5.48. The van der Waals surface area contributed by atoms with E-state index in [9.17, 15) is 9.90 Å². The summed E-state index contributed by atoms with van der Waals surface area (Å²) in [6.07, 6.45) is 2.09. The van der Waals surface area contributed by atoms with Crippen molar-refractivity contribution in [2.24, 2.45) is 0 Å². The lowest BCUT2D eigenvalue weighted by Crippen LogP contribution is -2.20. The summed E-state index contributed by atoms with van der Waals surface area (Å²) in [6.45, 7) is 3.88. The number of aryl methyl sites for hydroxylation is 1. The fraction of sp³-hybridized carbons (Fsp3) is 0.429. The van der Waals surface area contributed by atoms with E-state index in [1.54, 1.807) is 16.7 Å². The molecule has 20 heavy (non-hydrogen) atoms. The third-order valence-corrected chi connectivity index (χ3v) is 3.98. The van der Waals surface area contributed by atoms with Crippen LogP contribution < -0.4 is 0 Å². The number of carbonyl (C=O) groups is 1. The second-order valence-electron chi connectivity index (χ2n) is 4.67. The first-order valence-electron chi connectivity index (χ1n) is 6.58. The van der Waals surface area contributed by atoms with Crippen LogP contribution in [0, 0.1) is 0 Å². The molecule has 108 valence electrons. The van der Waals surface area contributed by atoms with Crippen LogP contribution in [0.5, 0.6) is 0 Å². The van der Waals surface area contributed by atoms with Crippen molar-refractivity contribution in [3.8, 4) is 0 Å². The maximum Gasteiger partial charge on any atom is 0.326 e. The molecule has 6 heteroatoms. The minimum atomic E-state index is -0.866. The number of imidazole rings is 1. The smallest absolute Gasteiger partial charge is 0.326 e. The average molecular weight is 315 g/mol. The number of hydrogen-bond acceptors (Lipinski definition) is 2. The zero-order valence-electron chi connectivity index (χ0n) is 11.4. The summed E-state index contributed by atoms with van der Waals surface area (Å²) in [5.41, 5.74) is 1.40. The number of hydrogen-bond donors (Lipinski definition) is 1. The summed E-state index contributed by atoms with van der Waals surface area (Å²) in [5.74, 6) is -0.106. The van der Waals surface area contributed by atoms with Gasteiger partial charge < -0.3 is 9.67 Å². The number of rotatable bonds is 5. The highest BCUT2D eigenvalue weighted by molar-refractivity contribution is 6.42. The molecule has 0 aliphatic heterocycles. The Kier molecular flexibility index (Phi) is 4.55. The van der Waals surface area contributed by atoms with Gasteiger partial charge in [0.2, 0.25) is 0 Å². The van der Waals surface area contributed by atoms with E-state index >= 15 is 0 Å². The summed E-state index contributed by atoms with van der Waals surface area (Å²) in [5, 5.41) is 10.2. The number of carboxylic acid groups (broad SMARTS) is 1. The molecule has 2 aromatic rings. The Labute approximate surface area is 127 Å². The van der Waals surface area contributed by atoms with Crippen molar-refractivity contribution >= 4 is 40.2 Å². The topological polar surface area (TPSA) is 55.1 Å². The van der Waals surface area contributed by atoms with Gasteiger partial charge in [-0.05, 0) is 25.0 Å². The normalized spacial score (nSPS) is 12.8. The van der Waals surface area contributed by atoms with Gasteiger partial charge in [-0.25, -0.2) is 9.78 Å². The first kappa shape index (κ1) is 15.1. The van der Waals surface area contributed by atoms with Crippen LogP contribution >= 0.6 is 23.2 Å². The molecule has 0 saturated heterocycles. The van der Waals surface area contributed by atoms with Gasteiger partial charge in [0.15, 0.2) is 0 Å². The number of fused-ring (bicyclic) bond motifs is 1. The molecule has 2 rings (SSSR count). The monoisotopic (exact) mass is 314 g/mol. The standard InChI is InChI=1S/C14H16Cl2N2O2/c1-3-5-13-17-10-6-8(15)9(16)7-12(10)18(13)11(4-2)14(19)20/h6-7,11H,3-5H2,1-2H3,(H,19,20). The van der Waals surface area contributed by atoms with Crippen molar-refractivity contribution in [3.63, 3.8) is 0 Å². The van der Waals surface area contributed by atoms with Crippen molar-refractivity contribution in [2.45, 2.75) is 39.2 Å². The van der Waals surface area contributed by atoms with E-state index in [0.29, 0.717) is 28.4 Å². The van der Waals surface area contributed by atoms with E-state index in [-0.39, 0.29) is 0 Å². The molecular formula is C14H16Cl2N2O2. The van der Waals surface area contributed by atoms with Crippen LogP contribution in [0.3, 0.4) is 0 Å². The largest absolute Gasteiger partial charge is 0.480 e. The Morgan fingerprint density at radius 1 is 1.35 bits per heavy atom.